The van der Waals surface area contributed by atoms with Crippen molar-refractivity contribution in [2.75, 3.05) is 11.9 Å². The third kappa shape index (κ3) is 5.16. The SMILES string of the molecule is O=C(CNCc1ccccn1)Nc1ccccc1Oc1ccccc1. The van der Waals surface area contributed by atoms with Crippen molar-refractivity contribution in [2.45, 2.75) is 6.54 Å². The second kappa shape index (κ2) is 8.61. The van der Waals surface area contributed by atoms with Gasteiger partial charge in [0.1, 0.15) is 5.75 Å². The van der Waals surface area contributed by atoms with Gasteiger partial charge in [0.2, 0.25) is 5.91 Å². The fraction of sp³-hybridized carbons (Fsp3) is 0.100. The number of rotatable bonds is 7. The van der Waals surface area contributed by atoms with Crippen LogP contribution in [0, 0.1) is 0 Å². The van der Waals surface area contributed by atoms with Crippen LogP contribution in [0.15, 0.2) is 79.0 Å². The predicted octanol–water partition coefficient (Wildman–Crippen LogP) is 3.60. The van der Waals surface area contributed by atoms with Crippen LogP contribution < -0.4 is 15.4 Å². The molecule has 0 radical (unpaired) electrons. The summed E-state index contributed by atoms with van der Waals surface area (Å²) < 4.78 is 5.84. The molecule has 0 aliphatic rings. The van der Waals surface area contributed by atoms with Gasteiger partial charge in [-0.1, -0.05) is 36.4 Å². The number of aromatic nitrogens is 1. The number of para-hydroxylation sites is 3. The van der Waals surface area contributed by atoms with Crippen LogP contribution in [0.3, 0.4) is 0 Å². The lowest BCUT2D eigenvalue weighted by Gasteiger charge is -2.12. The van der Waals surface area contributed by atoms with E-state index in [1.54, 1.807) is 6.20 Å². The highest BCUT2D eigenvalue weighted by Crippen LogP contribution is 2.28. The van der Waals surface area contributed by atoms with Crippen LogP contribution in [-0.4, -0.2) is 17.4 Å². The molecular weight excluding hydrogens is 314 g/mol. The normalized spacial score (nSPS) is 10.2. The number of nitrogens with zero attached hydrogens (tertiary/aromatic N) is 1. The van der Waals surface area contributed by atoms with E-state index < -0.39 is 0 Å². The molecular formula is C20H19N3O2. The average molecular weight is 333 g/mol. The van der Waals surface area contributed by atoms with Crippen molar-refractivity contribution < 1.29 is 9.53 Å². The lowest BCUT2D eigenvalue weighted by atomic mass is 10.2. The van der Waals surface area contributed by atoms with Crippen LogP contribution in [0.25, 0.3) is 0 Å². The Balaban J connectivity index is 1.56. The quantitative estimate of drug-likeness (QED) is 0.693. The Morgan fingerprint density at radius 3 is 2.48 bits per heavy atom. The molecule has 1 amide bonds. The highest BCUT2D eigenvalue weighted by atomic mass is 16.5. The van der Waals surface area contributed by atoms with Gasteiger partial charge in [0.05, 0.1) is 17.9 Å². The van der Waals surface area contributed by atoms with Gasteiger partial charge in [-0.2, -0.15) is 0 Å². The maximum absolute atomic E-state index is 12.2. The van der Waals surface area contributed by atoms with Crippen molar-refractivity contribution in [1.82, 2.24) is 10.3 Å². The summed E-state index contributed by atoms with van der Waals surface area (Å²) in [7, 11) is 0. The number of amides is 1. The number of pyridine rings is 1. The Morgan fingerprint density at radius 2 is 1.68 bits per heavy atom. The number of hydrogen-bond acceptors (Lipinski definition) is 4. The van der Waals surface area contributed by atoms with E-state index in [0.717, 1.165) is 11.4 Å². The summed E-state index contributed by atoms with van der Waals surface area (Å²) in [5.41, 5.74) is 1.53. The number of hydrogen-bond donors (Lipinski definition) is 2. The first kappa shape index (κ1) is 16.7. The van der Waals surface area contributed by atoms with Gasteiger partial charge >= 0.3 is 0 Å². The van der Waals surface area contributed by atoms with Crippen molar-refractivity contribution in [3.63, 3.8) is 0 Å². The zero-order chi connectivity index (χ0) is 17.3. The molecule has 0 spiro atoms. The number of carbonyl (C=O) groups excluding carboxylic acids is 1. The smallest absolute Gasteiger partial charge is 0.238 e. The molecule has 5 heteroatoms. The Kier molecular flexibility index (Phi) is 5.74. The molecule has 0 aliphatic carbocycles. The Labute approximate surface area is 146 Å². The Hall–Kier alpha value is -3.18. The summed E-state index contributed by atoms with van der Waals surface area (Å²) in [4.78, 5) is 16.4. The van der Waals surface area contributed by atoms with Crippen molar-refractivity contribution in [1.29, 1.82) is 0 Å². The van der Waals surface area contributed by atoms with Gasteiger partial charge in [-0.05, 0) is 36.4 Å². The summed E-state index contributed by atoms with van der Waals surface area (Å²) in [5.74, 6) is 1.18. The molecule has 0 unspecified atom stereocenters. The summed E-state index contributed by atoms with van der Waals surface area (Å²) in [6.07, 6.45) is 1.73. The molecule has 0 bridgehead atoms. The largest absolute Gasteiger partial charge is 0.455 e. The van der Waals surface area contributed by atoms with Crippen LogP contribution in [0.5, 0.6) is 11.5 Å². The first-order valence-electron chi connectivity index (χ1n) is 8.04. The highest BCUT2D eigenvalue weighted by Gasteiger charge is 2.08. The molecule has 25 heavy (non-hydrogen) atoms. The summed E-state index contributed by atoms with van der Waals surface area (Å²) >= 11 is 0. The van der Waals surface area contributed by atoms with E-state index in [1.165, 1.54) is 0 Å². The molecule has 1 aromatic heterocycles. The van der Waals surface area contributed by atoms with E-state index in [2.05, 4.69) is 15.6 Å². The van der Waals surface area contributed by atoms with Gasteiger partial charge in [-0.25, -0.2) is 0 Å². The molecule has 0 saturated carbocycles. The molecule has 0 saturated heterocycles. The van der Waals surface area contributed by atoms with E-state index >= 15 is 0 Å². The van der Waals surface area contributed by atoms with Crippen molar-refractivity contribution in [3.8, 4) is 11.5 Å². The summed E-state index contributed by atoms with van der Waals surface area (Å²) in [6, 6.07) is 22.5. The summed E-state index contributed by atoms with van der Waals surface area (Å²) in [5, 5.41) is 5.95. The minimum atomic E-state index is -0.139. The van der Waals surface area contributed by atoms with Gasteiger partial charge in [0, 0.05) is 12.7 Å². The van der Waals surface area contributed by atoms with E-state index in [-0.39, 0.29) is 12.5 Å². The molecule has 3 rings (SSSR count). The first-order chi connectivity index (χ1) is 12.3. The van der Waals surface area contributed by atoms with E-state index in [9.17, 15) is 4.79 Å². The highest BCUT2D eigenvalue weighted by molar-refractivity contribution is 5.93. The number of ether oxygens (including phenoxy) is 1. The van der Waals surface area contributed by atoms with Crippen molar-refractivity contribution in [3.05, 3.63) is 84.7 Å². The fourth-order valence-corrected chi connectivity index (χ4v) is 2.28. The average Bonchev–Trinajstić information content (AvgIpc) is 2.65. The van der Waals surface area contributed by atoms with Crippen LogP contribution in [0.2, 0.25) is 0 Å². The maximum atomic E-state index is 12.2. The molecule has 2 aromatic carbocycles. The molecule has 1 heterocycles. The molecule has 126 valence electrons. The number of anilines is 1. The molecule has 3 aromatic rings. The van der Waals surface area contributed by atoms with Crippen molar-refractivity contribution in [2.24, 2.45) is 0 Å². The zero-order valence-electron chi connectivity index (χ0n) is 13.7. The van der Waals surface area contributed by atoms with Crippen LogP contribution >= 0.6 is 0 Å². The molecule has 0 atom stereocenters. The van der Waals surface area contributed by atoms with Gasteiger partial charge < -0.3 is 15.4 Å². The summed E-state index contributed by atoms with van der Waals surface area (Å²) in [6.45, 7) is 0.729. The minimum absolute atomic E-state index is 0.139. The second-order valence-corrected chi connectivity index (χ2v) is 5.38. The van der Waals surface area contributed by atoms with Gasteiger partial charge in [0.25, 0.3) is 0 Å². The molecule has 2 N–H and O–H groups in total. The third-order valence-electron chi connectivity index (χ3n) is 3.45. The van der Waals surface area contributed by atoms with Gasteiger partial charge in [-0.3, -0.25) is 9.78 Å². The number of nitrogens with one attached hydrogen (secondary N) is 2. The van der Waals surface area contributed by atoms with Crippen LogP contribution in [-0.2, 0) is 11.3 Å². The van der Waals surface area contributed by atoms with Crippen LogP contribution in [0.1, 0.15) is 5.69 Å². The van der Waals surface area contributed by atoms with E-state index in [1.807, 2.05) is 72.8 Å². The minimum Gasteiger partial charge on any atom is -0.455 e. The fourth-order valence-electron chi connectivity index (χ4n) is 2.28. The second-order valence-electron chi connectivity index (χ2n) is 5.38. The lowest BCUT2D eigenvalue weighted by molar-refractivity contribution is -0.115. The monoisotopic (exact) mass is 333 g/mol. The number of carbonyl (C=O) groups is 1. The Bertz CT molecular complexity index is 807. The first-order valence-corrected chi connectivity index (χ1v) is 8.04. The van der Waals surface area contributed by atoms with Crippen molar-refractivity contribution >= 4 is 11.6 Å². The Morgan fingerprint density at radius 1 is 0.920 bits per heavy atom. The topological polar surface area (TPSA) is 63.2 Å². The lowest BCUT2D eigenvalue weighted by Crippen LogP contribution is -2.28. The van der Waals surface area contributed by atoms with Gasteiger partial charge in [0.15, 0.2) is 5.75 Å². The van der Waals surface area contributed by atoms with Gasteiger partial charge in [-0.15, -0.1) is 0 Å². The van der Waals surface area contributed by atoms with E-state index in [0.29, 0.717) is 18.0 Å². The number of benzene rings is 2. The zero-order valence-corrected chi connectivity index (χ0v) is 13.7. The predicted molar refractivity (Wildman–Crippen MR) is 97.5 cm³/mol. The molecule has 5 nitrogen and oxygen atoms in total. The third-order valence-corrected chi connectivity index (χ3v) is 3.45. The van der Waals surface area contributed by atoms with Crippen LogP contribution in [0.4, 0.5) is 5.69 Å². The standard InChI is InChI=1S/C20H19N3O2/c24-20(15-21-14-16-8-6-7-13-22-16)23-18-11-4-5-12-19(18)25-17-9-2-1-3-10-17/h1-13,21H,14-15H2,(H,23,24). The van der Waals surface area contributed by atoms with E-state index in [4.69, 9.17) is 4.74 Å². The maximum Gasteiger partial charge on any atom is 0.238 e. The molecule has 0 fully saturated rings. The molecule has 0 aliphatic heterocycles.